The molecular formula is C20H20Cl2O6. The van der Waals surface area contributed by atoms with Crippen LogP contribution in [0.15, 0.2) is 60.7 Å². The zero-order chi connectivity index (χ0) is 19.8. The highest BCUT2D eigenvalue weighted by molar-refractivity contribution is 6.22. The lowest BCUT2D eigenvalue weighted by Gasteiger charge is -2.42. The minimum Gasteiger partial charge on any atom is -0.394 e. The third kappa shape index (κ3) is 3.67. The number of aliphatic hydroxyl groups is 2. The maximum atomic E-state index is 10.8. The van der Waals surface area contributed by atoms with Crippen molar-refractivity contribution in [3.63, 3.8) is 0 Å². The van der Waals surface area contributed by atoms with E-state index in [2.05, 4.69) is 0 Å². The van der Waals surface area contributed by atoms with Gasteiger partial charge in [-0.25, -0.2) is 0 Å². The van der Waals surface area contributed by atoms with Crippen molar-refractivity contribution in [2.24, 2.45) is 0 Å². The molecule has 2 aromatic rings. The molecule has 2 aliphatic rings. The quantitative estimate of drug-likeness (QED) is 0.734. The first-order valence-electron chi connectivity index (χ1n) is 8.90. The summed E-state index contributed by atoms with van der Waals surface area (Å²) in [6, 6.07) is 17.8. The van der Waals surface area contributed by atoms with E-state index in [1.807, 2.05) is 12.1 Å². The third-order valence-corrected chi connectivity index (χ3v) is 5.64. The van der Waals surface area contributed by atoms with Gasteiger partial charge in [-0.05, 0) is 0 Å². The molecule has 28 heavy (non-hydrogen) atoms. The van der Waals surface area contributed by atoms with Crippen molar-refractivity contribution in [1.82, 2.24) is 0 Å². The van der Waals surface area contributed by atoms with Gasteiger partial charge in [0.1, 0.15) is 24.4 Å². The van der Waals surface area contributed by atoms with Gasteiger partial charge in [0, 0.05) is 11.1 Å². The number of fused-ring (bicyclic) bond motifs is 1. The predicted octanol–water partition coefficient (Wildman–Crippen LogP) is 2.64. The Balaban J connectivity index is 1.66. The van der Waals surface area contributed by atoms with E-state index < -0.39 is 41.5 Å². The number of alkyl halides is 2. The molecule has 0 spiro atoms. The molecule has 2 aromatic carbocycles. The number of rotatable bonds is 3. The van der Waals surface area contributed by atoms with Gasteiger partial charge in [-0.15, -0.1) is 0 Å². The van der Waals surface area contributed by atoms with Crippen molar-refractivity contribution in [2.75, 3.05) is 13.2 Å². The number of benzene rings is 2. The summed E-state index contributed by atoms with van der Waals surface area (Å²) < 4.78 is 23.5. The van der Waals surface area contributed by atoms with Gasteiger partial charge < -0.3 is 29.2 Å². The van der Waals surface area contributed by atoms with Gasteiger partial charge in [-0.2, -0.15) is 0 Å². The molecule has 2 unspecified atom stereocenters. The van der Waals surface area contributed by atoms with Crippen LogP contribution >= 0.6 is 23.2 Å². The highest BCUT2D eigenvalue weighted by Crippen LogP contribution is 2.45. The Kier molecular flexibility index (Phi) is 5.66. The van der Waals surface area contributed by atoms with E-state index in [9.17, 15) is 10.2 Å². The number of hydrogen-bond acceptors (Lipinski definition) is 6. The standard InChI is InChI=1S/C20H20Cl2O6/c21-19(13-7-3-1-4-8-13)25-12-16-18(28-19)17(24)15(11-23)26-20(22,27-16)14-9-5-2-6-10-14/h1-10,15-18,23-24H,11-12H2/t15-,16+,17+,18+,19?,20?/m1/s1. The van der Waals surface area contributed by atoms with Crippen LogP contribution < -0.4 is 0 Å². The van der Waals surface area contributed by atoms with Crippen LogP contribution in [0.5, 0.6) is 0 Å². The van der Waals surface area contributed by atoms with Crippen molar-refractivity contribution in [3.8, 4) is 0 Å². The Hall–Kier alpha value is -1.22. The topological polar surface area (TPSA) is 77.4 Å². The molecule has 2 saturated heterocycles. The largest absolute Gasteiger partial charge is 0.394 e. The van der Waals surface area contributed by atoms with Crippen LogP contribution in [0.1, 0.15) is 11.1 Å². The van der Waals surface area contributed by atoms with Gasteiger partial charge in [0.2, 0.25) is 0 Å². The van der Waals surface area contributed by atoms with Crippen LogP contribution in [0.4, 0.5) is 0 Å². The Bertz CT molecular complexity index is 794. The van der Waals surface area contributed by atoms with E-state index in [1.165, 1.54) is 0 Å². The molecule has 0 radical (unpaired) electrons. The second-order valence-electron chi connectivity index (χ2n) is 6.68. The molecule has 0 aliphatic carbocycles. The molecule has 2 N–H and O–H groups in total. The zero-order valence-corrected chi connectivity index (χ0v) is 16.3. The number of halogens is 2. The molecule has 8 heteroatoms. The first kappa shape index (κ1) is 20.1. The van der Waals surface area contributed by atoms with Crippen molar-refractivity contribution in [1.29, 1.82) is 0 Å². The number of aliphatic hydroxyl groups excluding tert-OH is 2. The average molecular weight is 427 g/mol. The van der Waals surface area contributed by atoms with E-state index in [-0.39, 0.29) is 6.61 Å². The highest BCUT2D eigenvalue weighted by atomic mass is 35.5. The number of hydrogen-bond donors (Lipinski definition) is 2. The molecule has 0 saturated carbocycles. The Morgan fingerprint density at radius 1 is 0.857 bits per heavy atom. The van der Waals surface area contributed by atoms with Crippen LogP contribution in [-0.2, 0) is 29.4 Å². The lowest BCUT2D eigenvalue weighted by atomic mass is 10.0. The van der Waals surface area contributed by atoms with E-state index in [0.717, 1.165) is 0 Å². The monoisotopic (exact) mass is 426 g/mol. The third-order valence-electron chi connectivity index (χ3n) is 4.83. The fraction of sp³-hybridized carbons (Fsp3) is 0.400. The maximum absolute atomic E-state index is 10.8. The highest BCUT2D eigenvalue weighted by Gasteiger charge is 2.54. The molecule has 150 valence electrons. The van der Waals surface area contributed by atoms with Gasteiger partial charge in [-0.1, -0.05) is 83.9 Å². The molecule has 0 bridgehead atoms. The normalized spacial score (nSPS) is 38.4. The van der Waals surface area contributed by atoms with Crippen LogP contribution in [0, 0.1) is 0 Å². The fourth-order valence-electron chi connectivity index (χ4n) is 3.37. The van der Waals surface area contributed by atoms with Crippen molar-refractivity contribution in [2.45, 2.75) is 34.9 Å². The van der Waals surface area contributed by atoms with Crippen LogP contribution in [0.2, 0.25) is 0 Å². The summed E-state index contributed by atoms with van der Waals surface area (Å²) in [6.07, 6.45) is -4.01. The first-order chi connectivity index (χ1) is 13.5. The molecule has 2 heterocycles. The summed E-state index contributed by atoms with van der Waals surface area (Å²) in [5, 5.41) is 17.3. The van der Waals surface area contributed by atoms with Crippen molar-refractivity contribution < 1.29 is 29.2 Å². The van der Waals surface area contributed by atoms with Crippen LogP contribution in [0.25, 0.3) is 0 Å². The Labute approximate surface area is 172 Å². The fourth-order valence-corrected chi connectivity index (χ4v) is 4.01. The SMILES string of the molecule is OC[C@H]1OC(Cl)(c2ccccc2)O[C@H]2COC(Cl)(c3ccccc3)O[C@@H]2[C@H]1O. The molecule has 6 atom stereocenters. The second-order valence-corrected chi connectivity index (χ2v) is 7.68. The minimum absolute atomic E-state index is 0.00291. The van der Waals surface area contributed by atoms with Crippen LogP contribution in [-0.4, -0.2) is 47.8 Å². The van der Waals surface area contributed by atoms with Gasteiger partial charge in [-0.3, -0.25) is 0 Å². The molecule has 2 fully saturated rings. The van der Waals surface area contributed by atoms with Gasteiger partial charge in [0.05, 0.1) is 13.2 Å². The van der Waals surface area contributed by atoms with Gasteiger partial charge >= 0.3 is 0 Å². The van der Waals surface area contributed by atoms with Crippen molar-refractivity contribution in [3.05, 3.63) is 71.8 Å². The van der Waals surface area contributed by atoms with Crippen LogP contribution in [0.3, 0.4) is 0 Å². The zero-order valence-electron chi connectivity index (χ0n) is 14.8. The Morgan fingerprint density at radius 2 is 1.43 bits per heavy atom. The van der Waals surface area contributed by atoms with Gasteiger partial charge in [0.15, 0.2) is 0 Å². The summed E-state index contributed by atoms with van der Waals surface area (Å²) in [6.45, 7) is -0.483. The summed E-state index contributed by atoms with van der Waals surface area (Å²) in [5.74, 6) is 0. The Morgan fingerprint density at radius 3 is 2.00 bits per heavy atom. The minimum atomic E-state index is -1.72. The molecule has 6 nitrogen and oxygen atoms in total. The molecule has 2 aliphatic heterocycles. The predicted molar refractivity (Wildman–Crippen MR) is 102 cm³/mol. The maximum Gasteiger partial charge on any atom is 0.277 e. The summed E-state index contributed by atoms with van der Waals surface area (Å²) in [4.78, 5) is 0. The van der Waals surface area contributed by atoms with E-state index in [0.29, 0.717) is 11.1 Å². The van der Waals surface area contributed by atoms with Gasteiger partial charge in [0.25, 0.3) is 10.5 Å². The molecular weight excluding hydrogens is 407 g/mol. The summed E-state index contributed by atoms with van der Waals surface area (Å²) >= 11 is 13.2. The van der Waals surface area contributed by atoms with E-state index >= 15 is 0 Å². The smallest absolute Gasteiger partial charge is 0.277 e. The van der Waals surface area contributed by atoms with Crippen molar-refractivity contribution >= 4 is 23.2 Å². The van der Waals surface area contributed by atoms with E-state index in [4.69, 9.17) is 42.1 Å². The lowest BCUT2D eigenvalue weighted by Crippen LogP contribution is -2.55. The molecule has 4 rings (SSSR count). The lowest BCUT2D eigenvalue weighted by molar-refractivity contribution is -0.317. The number of ether oxygens (including phenoxy) is 4. The first-order valence-corrected chi connectivity index (χ1v) is 9.66. The summed E-state index contributed by atoms with van der Waals surface area (Å²) in [7, 11) is 0. The molecule has 0 aromatic heterocycles. The van der Waals surface area contributed by atoms with E-state index in [1.54, 1.807) is 48.5 Å². The molecule has 0 amide bonds. The summed E-state index contributed by atoms with van der Waals surface area (Å²) in [5.41, 5.74) is 1.10. The average Bonchev–Trinajstić information content (AvgIpc) is 2.84. The second kappa shape index (κ2) is 7.89.